The highest BCUT2D eigenvalue weighted by Gasteiger charge is 2.13. The van der Waals surface area contributed by atoms with Gasteiger partial charge in [0, 0.05) is 18.3 Å². The van der Waals surface area contributed by atoms with E-state index in [2.05, 4.69) is 41.4 Å². The highest BCUT2D eigenvalue weighted by molar-refractivity contribution is 7.80. The molecule has 3 rings (SSSR count). The molecule has 0 aliphatic heterocycles. The molecule has 0 spiro atoms. The van der Waals surface area contributed by atoms with Gasteiger partial charge in [-0.2, -0.15) is 0 Å². The second-order valence-corrected chi connectivity index (χ2v) is 6.65. The van der Waals surface area contributed by atoms with Crippen LogP contribution in [0.15, 0.2) is 71.3 Å². The Bertz CT molecular complexity index is 860. The molecule has 0 aliphatic rings. The Morgan fingerprint density at radius 2 is 1.81 bits per heavy atom. The van der Waals surface area contributed by atoms with Crippen molar-refractivity contribution in [1.82, 2.24) is 4.90 Å². The van der Waals surface area contributed by atoms with Crippen molar-refractivity contribution in [2.75, 3.05) is 12.4 Å². The van der Waals surface area contributed by atoms with Crippen LogP contribution in [-0.2, 0) is 19.5 Å². The van der Waals surface area contributed by atoms with Crippen LogP contribution >= 0.6 is 12.2 Å². The van der Waals surface area contributed by atoms with Gasteiger partial charge >= 0.3 is 0 Å². The Labute approximate surface area is 165 Å². The van der Waals surface area contributed by atoms with Gasteiger partial charge in [0.1, 0.15) is 11.5 Å². The summed E-state index contributed by atoms with van der Waals surface area (Å²) in [6.07, 6.45) is 2.72. The number of nitrogens with one attached hydrogen (secondary N) is 1. The lowest BCUT2D eigenvalue weighted by atomic mass is 10.1. The Morgan fingerprint density at radius 1 is 1.04 bits per heavy atom. The summed E-state index contributed by atoms with van der Waals surface area (Å²) in [5.74, 6) is 1.66. The van der Waals surface area contributed by atoms with Crippen molar-refractivity contribution < 1.29 is 9.15 Å². The van der Waals surface area contributed by atoms with Crippen molar-refractivity contribution in [2.24, 2.45) is 0 Å². The van der Waals surface area contributed by atoms with Gasteiger partial charge in [-0.25, -0.2) is 0 Å². The van der Waals surface area contributed by atoms with Crippen LogP contribution in [0.5, 0.6) is 5.75 Å². The van der Waals surface area contributed by atoms with Gasteiger partial charge in [-0.1, -0.05) is 37.3 Å². The summed E-state index contributed by atoms with van der Waals surface area (Å²) in [5, 5.41) is 3.95. The van der Waals surface area contributed by atoms with Crippen LogP contribution in [0.2, 0.25) is 0 Å². The highest BCUT2D eigenvalue weighted by atomic mass is 32.1. The van der Waals surface area contributed by atoms with E-state index in [1.807, 2.05) is 36.4 Å². The van der Waals surface area contributed by atoms with Crippen molar-refractivity contribution in [2.45, 2.75) is 26.4 Å². The van der Waals surface area contributed by atoms with Crippen LogP contribution in [0.25, 0.3) is 0 Å². The van der Waals surface area contributed by atoms with E-state index in [9.17, 15) is 0 Å². The molecule has 0 saturated carbocycles. The van der Waals surface area contributed by atoms with Crippen molar-refractivity contribution in [1.29, 1.82) is 0 Å². The molecule has 5 heteroatoms. The van der Waals surface area contributed by atoms with Gasteiger partial charge in [-0.15, -0.1) is 0 Å². The molecule has 0 saturated heterocycles. The lowest BCUT2D eigenvalue weighted by molar-refractivity contribution is 0.360. The molecule has 0 unspecified atom stereocenters. The quantitative estimate of drug-likeness (QED) is 0.567. The SMILES string of the molecule is CCc1ccc(CN(Cc2ccco2)C(=S)Nc2cccc(OC)c2)cc1. The summed E-state index contributed by atoms with van der Waals surface area (Å²) in [6.45, 7) is 3.45. The minimum absolute atomic E-state index is 0.596. The van der Waals surface area contributed by atoms with Gasteiger partial charge in [-0.3, -0.25) is 0 Å². The van der Waals surface area contributed by atoms with E-state index in [0.29, 0.717) is 18.2 Å². The second-order valence-electron chi connectivity index (χ2n) is 6.27. The van der Waals surface area contributed by atoms with Gasteiger partial charge in [0.05, 0.1) is 19.9 Å². The van der Waals surface area contributed by atoms with Crippen molar-refractivity contribution in [3.8, 4) is 5.75 Å². The monoisotopic (exact) mass is 380 g/mol. The first-order valence-corrected chi connectivity index (χ1v) is 9.39. The number of aryl methyl sites for hydroxylation is 1. The molecule has 140 valence electrons. The molecule has 0 bridgehead atoms. The zero-order chi connectivity index (χ0) is 19.1. The second kappa shape index (κ2) is 9.24. The van der Waals surface area contributed by atoms with Crippen LogP contribution in [0, 0.1) is 0 Å². The number of hydrogen-bond donors (Lipinski definition) is 1. The van der Waals surface area contributed by atoms with E-state index < -0.39 is 0 Å². The fraction of sp³-hybridized carbons (Fsp3) is 0.227. The number of ether oxygens (including phenoxy) is 1. The minimum atomic E-state index is 0.596. The third-order valence-electron chi connectivity index (χ3n) is 4.34. The molecule has 1 N–H and O–H groups in total. The van der Waals surface area contributed by atoms with Gasteiger partial charge in [0.25, 0.3) is 0 Å². The van der Waals surface area contributed by atoms with E-state index in [0.717, 1.165) is 23.6 Å². The summed E-state index contributed by atoms with van der Waals surface area (Å²) in [7, 11) is 1.65. The first kappa shape index (κ1) is 19.0. The van der Waals surface area contributed by atoms with E-state index in [1.54, 1.807) is 13.4 Å². The Hall–Kier alpha value is -2.79. The van der Waals surface area contributed by atoms with Crippen LogP contribution in [0.3, 0.4) is 0 Å². The standard InChI is InChI=1S/C22H24N2O2S/c1-3-17-9-11-18(12-10-17)15-24(16-21-8-5-13-26-21)22(27)23-19-6-4-7-20(14-19)25-2/h4-14H,3,15-16H2,1-2H3,(H,23,27). The Morgan fingerprint density at radius 3 is 2.48 bits per heavy atom. The third-order valence-corrected chi connectivity index (χ3v) is 4.70. The lowest BCUT2D eigenvalue weighted by Gasteiger charge is -2.25. The number of thiocarbonyl (C=S) groups is 1. The molecule has 2 aromatic carbocycles. The summed E-state index contributed by atoms with van der Waals surface area (Å²) < 4.78 is 10.8. The molecule has 0 radical (unpaired) electrons. The molecule has 27 heavy (non-hydrogen) atoms. The fourth-order valence-corrected chi connectivity index (χ4v) is 3.04. The Balaban J connectivity index is 1.76. The first-order chi connectivity index (χ1) is 13.2. The number of benzene rings is 2. The van der Waals surface area contributed by atoms with Crippen molar-refractivity contribution in [3.63, 3.8) is 0 Å². The van der Waals surface area contributed by atoms with Gasteiger partial charge < -0.3 is 19.4 Å². The van der Waals surface area contributed by atoms with E-state index in [-0.39, 0.29) is 0 Å². The average molecular weight is 381 g/mol. The molecule has 0 aliphatic carbocycles. The van der Waals surface area contributed by atoms with Gasteiger partial charge in [-0.05, 0) is 54.0 Å². The smallest absolute Gasteiger partial charge is 0.174 e. The van der Waals surface area contributed by atoms with E-state index in [1.165, 1.54) is 11.1 Å². The topological polar surface area (TPSA) is 37.6 Å². The molecule has 0 fully saturated rings. The predicted molar refractivity (Wildman–Crippen MR) is 113 cm³/mol. The summed E-state index contributed by atoms with van der Waals surface area (Å²) in [6, 6.07) is 20.2. The molecular weight excluding hydrogens is 356 g/mol. The van der Waals surface area contributed by atoms with Crippen LogP contribution in [0.1, 0.15) is 23.8 Å². The van der Waals surface area contributed by atoms with Crippen molar-refractivity contribution in [3.05, 3.63) is 83.8 Å². The largest absolute Gasteiger partial charge is 0.497 e. The molecule has 0 amide bonds. The summed E-state index contributed by atoms with van der Waals surface area (Å²) in [5.41, 5.74) is 3.42. The van der Waals surface area contributed by atoms with Gasteiger partial charge in [0.2, 0.25) is 0 Å². The number of nitrogens with zero attached hydrogens (tertiary/aromatic N) is 1. The molecule has 3 aromatic rings. The zero-order valence-electron chi connectivity index (χ0n) is 15.6. The van der Waals surface area contributed by atoms with Crippen LogP contribution in [0.4, 0.5) is 5.69 Å². The molecule has 0 atom stereocenters. The maximum absolute atomic E-state index is 5.69. The van der Waals surface area contributed by atoms with Gasteiger partial charge in [0.15, 0.2) is 5.11 Å². The fourth-order valence-electron chi connectivity index (χ4n) is 2.79. The first-order valence-electron chi connectivity index (χ1n) is 8.98. The maximum Gasteiger partial charge on any atom is 0.174 e. The zero-order valence-corrected chi connectivity index (χ0v) is 16.5. The molecular formula is C22H24N2O2S. The number of furan rings is 1. The number of methoxy groups -OCH3 is 1. The minimum Gasteiger partial charge on any atom is -0.497 e. The highest BCUT2D eigenvalue weighted by Crippen LogP contribution is 2.19. The molecule has 1 aromatic heterocycles. The van der Waals surface area contributed by atoms with E-state index >= 15 is 0 Å². The normalized spacial score (nSPS) is 10.4. The molecule has 1 heterocycles. The number of hydrogen-bond acceptors (Lipinski definition) is 3. The van der Waals surface area contributed by atoms with Crippen LogP contribution < -0.4 is 10.1 Å². The summed E-state index contributed by atoms with van der Waals surface area (Å²) in [4.78, 5) is 2.09. The number of anilines is 1. The Kier molecular flexibility index (Phi) is 6.49. The van der Waals surface area contributed by atoms with Crippen LogP contribution in [-0.4, -0.2) is 17.1 Å². The number of rotatable bonds is 7. The third kappa shape index (κ3) is 5.34. The van der Waals surface area contributed by atoms with E-state index in [4.69, 9.17) is 21.4 Å². The van der Waals surface area contributed by atoms with Crippen molar-refractivity contribution >= 4 is 23.0 Å². The predicted octanol–water partition coefficient (Wildman–Crippen LogP) is 5.25. The molecule has 4 nitrogen and oxygen atoms in total. The maximum atomic E-state index is 5.69. The average Bonchev–Trinajstić information content (AvgIpc) is 3.21. The lowest BCUT2D eigenvalue weighted by Crippen LogP contribution is -2.33. The summed E-state index contributed by atoms with van der Waals surface area (Å²) >= 11 is 5.69.